The quantitative estimate of drug-likeness (QED) is 0.843. The number of aromatic carboxylic acids is 1. The largest absolute Gasteiger partial charge is 0.478 e. The van der Waals surface area contributed by atoms with E-state index in [9.17, 15) is 9.59 Å². The van der Waals surface area contributed by atoms with Gasteiger partial charge >= 0.3 is 11.7 Å². The number of aromatic nitrogens is 2. The fraction of sp³-hybridized carbons (Fsp3) is 0.385. The van der Waals surface area contributed by atoms with Gasteiger partial charge in [-0.2, -0.15) is 0 Å². The highest BCUT2D eigenvalue weighted by Crippen LogP contribution is 2.13. The molecular weight excluding hydrogens is 246 g/mol. The number of fused-ring (bicyclic) bond motifs is 1. The number of aromatic amines is 1. The van der Waals surface area contributed by atoms with Crippen LogP contribution in [0.4, 0.5) is 0 Å². The molecule has 0 saturated carbocycles. The average Bonchev–Trinajstić information content (AvgIpc) is 2.70. The predicted molar refractivity (Wildman–Crippen MR) is 72.7 cm³/mol. The van der Waals surface area contributed by atoms with Crippen molar-refractivity contribution in [1.82, 2.24) is 14.5 Å². The van der Waals surface area contributed by atoms with Crippen LogP contribution < -0.4 is 5.69 Å². The van der Waals surface area contributed by atoms with E-state index in [2.05, 4.69) is 16.8 Å². The molecule has 102 valence electrons. The maximum atomic E-state index is 11.9. The van der Waals surface area contributed by atoms with Crippen LogP contribution in [0.2, 0.25) is 0 Å². The SMILES string of the molecule is CCN(C)CCn1c(=O)[nH]c2cc(C(=O)O)ccc21. The number of benzene rings is 1. The normalized spacial score (nSPS) is 11.3. The van der Waals surface area contributed by atoms with Crippen molar-refractivity contribution < 1.29 is 9.90 Å². The monoisotopic (exact) mass is 263 g/mol. The van der Waals surface area contributed by atoms with Gasteiger partial charge < -0.3 is 15.0 Å². The summed E-state index contributed by atoms with van der Waals surface area (Å²) in [4.78, 5) is 27.5. The highest BCUT2D eigenvalue weighted by molar-refractivity contribution is 5.92. The van der Waals surface area contributed by atoms with E-state index in [1.54, 1.807) is 10.6 Å². The predicted octanol–water partition coefficient (Wildman–Crippen LogP) is 0.980. The second-order valence-corrected chi connectivity index (χ2v) is 4.51. The molecule has 2 aromatic rings. The number of rotatable bonds is 5. The molecule has 0 spiro atoms. The number of H-pyrrole nitrogens is 1. The lowest BCUT2D eigenvalue weighted by Gasteiger charge is -2.13. The van der Waals surface area contributed by atoms with Crippen molar-refractivity contribution in [2.75, 3.05) is 20.1 Å². The Morgan fingerprint density at radius 3 is 2.84 bits per heavy atom. The summed E-state index contributed by atoms with van der Waals surface area (Å²) in [6.07, 6.45) is 0. The van der Waals surface area contributed by atoms with Crippen LogP contribution in [-0.2, 0) is 6.54 Å². The van der Waals surface area contributed by atoms with Crippen LogP contribution in [0.5, 0.6) is 0 Å². The van der Waals surface area contributed by atoms with Gasteiger partial charge in [0.25, 0.3) is 0 Å². The van der Waals surface area contributed by atoms with E-state index in [0.717, 1.165) is 18.6 Å². The summed E-state index contributed by atoms with van der Waals surface area (Å²) in [6.45, 7) is 4.32. The molecule has 1 aromatic heterocycles. The van der Waals surface area contributed by atoms with E-state index in [0.29, 0.717) is 12.1 Å². The molecule has 6 heteroatoms. The summed E-state index contributed by atoms with van der Waals surface area (Å²) >= 11 is 0. The zero-order valence-electron chi connectivity index (χ0n) is 11.0. The summed E-state index contributed by atoms with van der Waals surface area (Å²) in [7, 11) is 1.99. The lowest BCUT2D eigenvalue weighted by atomic mass is 10.2. The Labute approximate surface area is 110 Å². The molecule has 0 aliphatic heterocycles. The molecule has 2 N–H and O–H groups in total. The molecule has 0 fully saturated rings. The van der Waals surface area contributed by atoms with Crippen LogP contribution in [0.1, 0.15) is 17.3 Å². The molecular formula is C13H17N3O3. The standard InChI is InChI=1S/C13H17N3O3/c1-3-15(2)6-7-16-11-5-4-9(12(17)18)8-10(11)14-13(16)19/h4-5,8H,3,6-7H2,1-2H3,(H,14,19)(H,17,18). The number of carboxylic acids is 1. The molecule has 0 atom stereocenters. The molecule has 1 heterocycles. The lowest BCUT2D eigenvalue weighted by molar-refractivity contribution is 0.0697. The first-order chi connectivity index (χ1) is 9.02. The minimum Gasteiger partial charge on any atom is -0.478 e. The minimum absolute atomic E-state index is 0.173. The Morgan fingerprint density at radius 2 is 2.21 bits per heavy atom. The Hall–Kier alpha value is -2.08. The molecule has 6 nitrogen and oxygen atoms in total. The molecule has 19 heavy (non-hydrogen) atoms. The number of likely N-dealkylation sites (N-methyl/N-ethyl adjacent to an activating group) is 1. The molecule has 0 amide bonds. The molecule has 0 saturated heterocycles. The average molecular weight is 263 g/mol. The first kappa shape index (κ1) is 13.4. The van der Waals surface area contributed by atoms with E-state index in [1.165, 1.54) is 12.1 Å². The summed E-state index contributed by atoms with van der Waals surface area (Å²) in [6, 6.07) is 4.67. The number of carboxylic acid groups (broad SMARTS) is 1. The van der Waals surface area contributed by atoms with Gasteiger partial charge in [0.15, 0.2) is 0 Å². The number of carbonyl (C=O) groups is 1. The van der Waals surface area contributed by atoms with E-state index in [-0.39, 0.29) is 11.3 Å². The van der Waals surface area contributed by atoms with Gasteiger partial charge in [-0.05, 0) is 31.8 Å². The Bertz CT molecular complexity index is 657. The summed E-state index contributed by atoms with van der Waals surface area (Å²) in [5, 5.41) is 8.92. The van der Waals surface area contributed by atoms with Crippen LogP contribution in [0, 0.1) is 0 Å². The van der Waals surface area contributed by atoms with Crippen molar-refractivity contribution in [3.63, 3.8) is 0 Å². The number of hydrogen-bond acceptors (Lipinski definition) is 3. The topological polar surface area (TPSA) is 78.3 Å². The van der Waals surface area contributed by atoms with Gasteiger partial charge in [0.2, 0.25) is 0 Å². The van der Waals surface area contributed by atoms with Crippen molar-refractivity contribution in [3.05, 3.63) is 34.2 Å². The molecule has 0 aliphatic carbocycles. The highest BCUT2D eigenvalue weighted by atomic mass is 16.4. The highest BCUT2D eigenvalue weighted by Gasteiger charge is 2.10. The zero-order valence-corrected chi connectivity index (χ0v) is 11.0. The fourth-order valence-corrected chi connectivity index (χ4v) is 1.95. The van der Waals surface area contributed by atoms with Crippen molar-refractivity contribution >= 4 is 17.0 Å². The minimum atomic E-state index is -0.999. The Morgan fingerprint density at radius 1 is 1.47 bits per heavy atom. The zero-order chi connectivity index (χ0) is 14.0. The third-order valence-electron chi connectivity index (χ3n) is 3.27. The Kier molecular flexibility index (Phi) is 3.71. The first-order valence-electron chi connectivity index (χ1n) is 6.17. The van der Waals surface area contributed by atoms with Crippen LogP contribution in [-0.4, -0.2) is 45.7 Å². The molecule has 0 aliphatic rings. The van der Waals surface area contributed by atoms with Crippen LogP contribution >= 0.6 is 0 Å². The van der Waals surface area contributed by atoms with Gasteiger partial charge in [0, 0.05) is 13.1 Å². The van der Waals surface area contributed by atoms with E-state index < -0.39 is 5.97 Å². The van der Waals surface area contributed by atoms with E-state index in [1.807, 2.05) is 7.05 Å². The maximum Gasteiger partial charge on any atom is 0.335 e. The first-order valence-corrected chi connectivity index (χ1v) is 6.17. The second kappa shape index (κ2) is 5.27. The van der Waals surface area contributed by atoms with Gasteiger partial charge in [-0.3, -0.25) is 4.57 Å². The molecule has 0 unspecified atom stereocenters. The van der Waals surface area contributed by atoms with Crippen molar-refractivity contribution in [1.29, 1.82) is 0 Å². The summed E-state index contributed by atoms with van der Waals surface area (Å²) in [5.74, 6) is -0.999. The van der Waals surface area contributed by atoms with Gasteiger partial charge in [-0.1, -0.05) is 6.92 Å². The van der Waals surface area contributed by atoms with Crippen LogP contribution in [0.15, 0.2) is 23.0 Å². The number of nitrogens with one attached hydrogen (secondary N) is 1. The molecule has 1 aromatic carbocycles. The van der Waals surface area contributed by atoms with Gasteiger partial charge in [-0.25, -0.2) is 9.59 Å². The third kappa shape index (κ3) is 2.68. The molecule has 0 radical (unpaired) electrons. The number of imidazole rings is 1. The summed E-state index contributed by atoms with van der Waals surface area (Å²) < 4.78 is 1.63. The second-order valence-electron chi connectivity index (χ2n) is 4.51. The van der Waals surface area contributed by atoms with Crippen LogP contribution in [0.25, 0.3) is 11.0 Å². The third-order valence-corrected chi connectivity index (χ3v) is 3.27. The molecule has 2 rings (SSSR count). The van der Waals surface area contributed by atoms with Crippen LogP contribution in [0.3, 0.4) is 0 Å². The van der Waals surface area contributed by atoms with Crippen molar-refractivity contribution in [2.45, 2.75) is 13.5 Å². The fourth-order valence-electron chi connectivity index (χ4n) is 1.95. The van der Waals surface area contributed by atoms with Gasteiger partial charge in [0.1, 0.15) is 0 Å². The maximum absolute atomic E-state index is 11.9. The summed E-state index contributed by atoms with van der Waals surface area (Å²) in [5.41, 5.74) is 1.26. The van der Waals surface area contributed by atoms with Gasteiger partial charge in [-0.15, -0.1) is 0 Å². The van der Waals surface area contributed by atoms with E-state index in [4.69, 9.17) is 5.11 Å². The van der Waals surface area contributed by atoms with Crippen molar-refractivity contribution in [3.8, 4) is 0 Å². The molecule has 0 bridgehead atoms. The number of nitrogens with zero attached hydrogens (tertiary/aromatic N) is 2. The Balaban J connectivity index is 2.37. The van der Waals surface area contributed by atoms with Crippen molar-refractivity contribution in [2.24, 2.45) is 0 Å². The lowest BCUT2D eigenvalue weighted by Crippen LogP contribution is -2.27. The number of hydrogen-bond donors (Lipinski definition) is 2. The van der Waals surface area contributed by atoms with Gasteiger partial charge in [0.05, 0.1) is 16.6 Å². The smallest absolute Gasteiger partial charge is 0.335 e. The van der Waals surface area contributed by atoms with E-state index >= 15 is 0 Å².